The van der Waals surface area contributed by atoms with Crippen LogP contribution in [0.2, 0.25) is 13.1 Å². The van der Waals surface area contributed by atoms with Gasteiger partial charge in [0, 0.05) is 0 Å². The van der Waals surface area contributed by atoms with Crippen LogP contribution >= 0.6 is 0 Å². The second-order valence-corrected chi connectivity index (χ2v) is 26.8. The first-order valence-electron chi connectivity index (χ1n) is 15.4. The Morgan fingerprint density at radius 2 is 1.56 bits per heavy atom. The molecule has 0 bridgehead atoms. The Morgan fingerprint density at radius 1 is 0.791 bits per heavy atom. The van der Waals surface area contributed by atoms with Gasteiger partial charge in [0.1, 0.15) is 0 Å². The zero-order chi connectivity index (χ0) is 28.1. The molecule has 0 fully saturated rings. The van der Waals surface area contributed by atoms with Crippen molar-refractivity contribution in [2.75, 3.05) is 0 Å². The molecule has 0 N–H and O–H groups in total. The molecule has 0 heterocycles. The molecule has 216 valence electrons. The number of aryl methyl sites for hydroxylation is 1. The van der Waals surface area contributed by atoms with Crippen LogP contribution in [0.4, 0.5) is 0 Å². The molecule has 0 aliphatic heterocycles. The van der Waals surface area contributed by atoms with Crippen molar-refractivity contribution in [3.63, 3.8) is 0 Å². The van der Waals surface area contributed by atoms with Gasteiger partial charge in [-0.3, -0.25) is 0 Å². The fraction of sp³-hybridized carbons (Fsp3) is 0.231. The molecule has 0 amide bonds. The summed E-state index contributed by atoms with van der Waals surface area (Å²) in [4.78, 5) is 0. The maximum Gasteiger partial charge on any atom is -1.00 e. The summed E-state index contributed by atoms with van der Waals surface area (Å²) < 4.78 is 1.77. The van der Waals surface area contributed by atoms with E-state index in [1.807, 2.05) is 0 Å². The van der Waals surface area contributed by atoms with Crippen molar-refractivity contribution in [2.24, 2.45) is 0 Å². The number of hydrogen-bond donors (Lipinski definition) is 0. The maximum atomic E-state index is 2.62. The third kappa shape index (κ3) is 5.70. The van der Waals surface area contributed by atoms with Gasteiger partial charge in [-0.25, -0.2) is 0 Å². The fourth-order valence-electron chi connectivity index (χ4n) is 7.36. The van der Waals surface area contributed by atoms with Gasteiger partial charge in [-0.05, 0) is 0 Å². The Morgan fingerprint density at radius 3 is 2.37 bits per heavy atom. The molecule has 2 aliphatic rings. The van der Waals surface area contributed by atoms with Gasteiger partial charge in [0.05, 0.1) is 0 Å². The van der Waals surface area contributed by atoms with E-state index in [0.717, 1.165) is 6.42 Å². The predicted octanol–water partition coefficient (Wildman–Crippen LogP) is 3.80. The summed E-state index contributed by atoms with van der Waals surface area (Å²) in [5, 5.41) is 2.69. The monoisotopic (exact) mass is 694 g/mol. The third-order valence-electron chi connectivity index (χ3n) is 9.14. The third-order valence-corrected chi connectivity index (χ3v) is 17.7. The van der Waals surface area contributed by atoms with E-state index in [0.29, 0.717) is 5.92 Å². The predicted molar refractivity (Wildman–Crippen MR) is 177 cm³/mol. The van der Waals surface area contributed by atoms with Gasteiger partial charge in [0.2, 0.25) is 0 Å². The summed E-state index contributed by atoms with van der Waals surface area (Å²) in [6, 6.07) is 34.9. The van der Waals surface area contributed by atoms with Crippen molar-refractivity contribution in [1.29, 1.82) is 0 Å². The van der Waals surface area contributed by atoms with Crippen molar-refractivity contribution in [3.05, 3.63) is 130 Å². The van der Waals surface area contributed by atoms with E-state index in [-0.39, 0.29) is 24.8 Å². The van der Waals surface area contributed by atoms with Crippen LogP contribution in [0.25, 0.3) is 39.1 Å². The Hall–Kier alpha value is -2.22. The van der Waals surface area contributed by atoms with Gasteiger partial charge in [-0.15, -0.1) is 0 Å². The molecule has 43 heavy (non-hydrogen) atoms. The van der Waals surface area contributed by atoms with Gasteiger partial charge in [0.25, 0.3) is 0 Å². The molecule has 0 saturated heterocycles. The van der Waals surface area contributed by atoms with E-state index in [9.17, 15) is 0 Å². The van der Waals surface area contributed by atoms with E-state index in [1.54, 1.807) is 20.0 Å². The topological polar surface area (TPSA) is 0 Å². The summed E-state index contributed by atoms with van der Waals surface area (Å²) in [5.74, 6) is -0.254. The van der Waals surface area contributed by atoms with Gasteiger partial charge in [-0.1, -0.05) is 0 Å². The minimum atomic E-state index is -0.642. The van der Waals surface area contributed by atoms with Crippen LogP contribution in [0, 0.1) is 6.92 Å². The maximum absolute atomic E-state index is 2.62. The Labute approximate surface area is 282 Å². The number of rotatable bonds is 7. The fourth-order valence-corrected chi connectivity index (χ4v) is 15.6. The molecule has 0 aromatic heterocycles. The van der Waals surface area contributed by atoms with Crippen molar-refractivity contribution in [1.82, 2.24) is 0 Å². The molecule has 0 spiro atoms. The van der Waals surface area contributed by atoms with Crippen LogP contribution in [0.15, 0.2) is 96.6 Å². The second-order valence-electron chi connectivity index (χ2n) is 12.2. The smallest absolute Gasteiger partial charge is 1.00 e. The normalized spacial score (nSPS) is 14.3. The average Bonchev–Trinajstić information content (AvgIpc) is 3.54. The molecule has 0 nitrogen and oxygen atoms in total. The summed E-state index contributed by atoms with van der Waals surface area (Å²) in [7, 11) is 0. The Kier molecular flexibility index (Phi) is 10.0. The molecular weight excluding hydrogens is 659 g/mol. The van der Waals surface area contributed by atoms with Crippen molar-refractivity contribution >= 4 is 26.0 Å². The average molecular weight is 697 g/mol. The zero-order valence-corrected chi connectivity index (χ0v) is 30.6. The van der Waals surface area contributed by atoms with E-state index >= 15 is 0 Å². The SMILES string of the molecule is CCCCC1=Cc2c(-c3c(C)ccc4ccccc34)cccc2C1c1[c]([Zr+2][SiH](C)C)ccc2c1Cc1ccccc1-2.[Cl-].[Cl-]. The summed E-state index contributed by atoms with van der Waals surface area (Å²) in [6.07, 6.45) is 7.38. The number of fused-ring (bicyclic) bond motifs is 5. The van der Waals surface area contributed by atoms with Gasteiger partial charge in [-0.2, -0.15) is 0 Å². The van der Waals surface area contributed by atoms with E-state index in [2.05, 4.69) is 124 Å². The first kappa shape index (κ1) is 32.2. The van der Waals surface area contributed by atoms with E-state index in [1.165, 1.54) is 74.5 Å². The van der Waals surface area contributed by atoms with Gasteiger partial charge < -0.3 is 24.8 Å². The number of hydrogen-bond acceptors (Lipinski definition) is 0. The van der Waals surface area contributed by atoms with Crippen molar-refractivity contribution in [3.8, 4) is 22.3 Å². The van der Waals surface area contributed by atoms with Crippen molar-refractivity contribution < 1.29 is 47.2 Å². The Bertz CT molecular complexity index is 1840. The molecule has 1 atom stereocenters. The minimum Gasteiger partial charge on any atom is -1.00 e. The molecule has 5 aromatic carbocycles. The van der Waals surface area contributed by atoms with Crippen LogP contribution in [-0.4, -0.2) is 5.92 Å². The first-order valence-corrected chi connectivity index (χ1v) is 23.7. The van der Waals surface area contributed by atoms with Crippen LogP contribution < -0.4 is 28.1 Å². The standard InChI is InChI=1S/C37H31.C2H7Si.2ClH.Zr/c1-3-4-11-27-23-35-31(36-24(2)20-21-25-12-5-8-15-29(25)36)17-10-19-33(35)37(27)32-18-9-16-30-28-14-7-6-13-26(28)22-34(30)32;1-3-2;;;/h5-10,12-17,19-21,23,37H,3-4,11,22H2,1-2H3;3H,1-2H3;2*1H;/q;;;;+2/p-2. The van der Waals surface area contributed by atoms with Gasteiger partial charge in [0.15, 0.2) is 0 Å². The molecule has 5 aromatic rings. The minimum absolute atomic E-state index is 0. The van der Waals surface area contributed by atoms with E-state index in [4.69, 9.17) is 0 Å². The summed E-state index contributed by atoms with van der Waals surface area (Å²) >= 11 is -0.610. The van der Waals surface area contributed by atoms with E-state index < -0.39 is 28.3 Å². The Balaban J connectivity index is 0.00000184. The van der Waals surface area contributed by atoms with Crippen LogP contribution in [-0.2, 0) is 28.8 Å². The molecule has 0 radical (unpaired) electrons. The summed E-state index contributed by atoms with van der Waals surface area (Å²) in [5.41, 5.74) is 16.6. The molecule has 7 rings (SSSR count). The second kappa shape index (κ2) is 13.4. The molecule has 1 unspecified atom stereocenters. The number of unbranched alkanes of at least 4 members (excludes halogenated alkanes) is 1. The molecular formula is C39H38Cl2SiZr. The van der Waals surface area contributed by atoms with Crippen LogP contribution in [0.1, 0.15) is 65.5 Å². The first-order chi connectivity index (χ1) is 20.0. The number of halogens is 2. The van der Waals surface area contributed by atoms with Crippen LogP contribution in [0.5, 0.6) is 0 Å². The van der Waals surface area contributed by atoms with Crippen molar-refractivity contribution in [2.45, 2.75) is 58.5 Å². The zero-order valence-electron chi connectivity index (χ0n) is 25.5. The molecule has 4 heteroatoms. The van der Waals surface area contributed by atoms with Crippen LogP contribution in [0.3, 0.4) is 0 Å². The summed E-state index contributed by atoms with van der Waals surface area (Å²) in [6.45, 7) is 9.78. The van der Waals surface area contributed by atoms with Gasteiger partial charge >= 0.3 is 259 Å². The molecule has 0 saturated carbocycles. The molecule has 2 aliphatic carbocycles. The number of benzene rings is 5. The number of allylic oxidation sites excluding steroid dienone is 1. The quantitative estimate of drug-likeness (QED) is 0.223. The largest absolute Gasteiger partial charge is 1.00 e.